The van der Waals surface area contributed by atoms with Gasteiger partial charge in [0.05, 0.1) is 11.4 Å². The lowest BCUT2D eigenvalue weighted by molar-refractivity contribution is 0.628. The van der Waals surface area contributed by atoms with Gasteiger partial charge in [0.25, 0.3) is 0 Å². The Labute approximate surface area is 141 Å². The van der Waals surface area contributed by atoms with Crippen LogP contribution in [0.2, 0.25) is 0 Å². The van der Waals surface area contributed by atoms with Gasteiger partial charge in [-0.05, 0) is 36.5 Å². The second-order valence-corrected chi connectivity index (χ2v) is 5.27. The molecule has 2 aromatic carbocycles. The fraction of sp³-hybridized carbons (Fsp3) is 0. The zero-order valence-electron chi connectivity index (χ0n) is 12.3. The summed E-state index contributed by atoms with van der Waals surface area (Å²) in [5.41, 5.74) is 6.70. The maximum absolute atomic E-state index is 12.9. The quantitative estimate of drug-likeness (QED) is 0.564. The molecular weight excluding hydrogens is 329 g/mol. The van der Waals surface area contributed by atoms with Gasteiger partial charge in [0.2, 0.25) is 0 Å². The predicted octanol–water partition coefficient (Wildman–Crippen LogP) is 3.49. The lowest BCUT2D eigenvalue weighted by atomic mass is 10.1. The van der Waals surface area contributed by atoms with Crippen LogP contribution in [0.1, 0.15) is 0 Å². The summed E-state index contributed by atoms with van der Waals surface area (Å²) < 4.78 is 14.0. The number of nitrogens with zero attached hydrogens (tertiary/aromatic N) is 3. The second kappa shape index (κ2) is 6.55. The zero-order chi connectivity index (χ0) is 17.1. The van der Waals surface area contributed by atoms with E-state index in [1.54, 1.807) is 0 Å². The Morgan fingerprint density at radius 3 is 2.38 bits per heavy atom. The summed E-state index contributed by atoms with van der Waals surface area (Å²) in [6.45, 7) is 0. The molecular formula is C16H12FN5OS. The number of nitrogens with one attached hydrogen (secondary N) is 1. The van der Waals surface area contributed by atoms with Crippen LogP contribution in [-0.2, 0) is 0 Å². The van der Waals surface area contributed by atoms with Crippen molar-refractivity contribution in [3.63, 3.8) is 0 Å². The average molecular weight is 341 g/mol. The zero-order valence-corrected chi connectivity index (χ0v) is 13.1. The summed E-state index contributed by atoms with van der Waals surface area (Å²) in [7, 11) is 0. The van der Waals surface area contributed by atoms with Crippen molar-refractivity contribution >= 4 is 28.7 Å². The fourth-order valence-electron chi connectivity index (χ4n) is 2.10. The van der Waals surface area contributed by atoms with Crippen LogP contribution in [0.15, 0.2) is 69.6 Å². The van der Waals surface area contributed by atoms with Crippen molar-refractivity contribution in [3.8, 4) is 11.3 Å². The van der Waals surface area contributed by atoms with Gasteiger partial charge >= 0.3 is 5.56 Å². The van der Waals surface area contributed by atoms with Crippen molar-refractivity contribution in [3.05, 3.63) is 70.8 Å². The summed E-state index contributed by atoms with van der Waals surface area (Å²) >= 11 is 4.86. The van der Waals surface area contributed by atoms with Gasteiger partial charge in [0.15, 0.2) is 10.8 Å². The van der Waals surface area contributed by atoms with E-state index < -0.39 is 5.56 Å². The molecule has 0 spiro atoms. The number of aromatic amines is 1. The molecule has 0 bridgehead atoms. The van der Waals surface area contributed by atoms with Crippen LogP contribution in [0.5, 0.6) is 0 Å². The van der Waals surface area contributed by atoms with Crippen molar-refractivity contribution in [2.75, 3.05) is 0 Å². The van der Waals surface area contributed by atoms with Gasteiger partial charge in [-0.3, -0.25) is 9.89 Å². The van der Waals surface area contributed by atoms with Crippen LogP contribution in [-0.4, -0.2) is 14.9 Å². The molecule has 0 radical (unpaired) electrons. The topological polar surface area (TPSA) is 88.5 Å². The molecule has 24 heavy (non-hydrogen) atoms. The molecule has 0 aliphatic rings. The van der Waals surface area contributed by atoms with E-state index in [-0.39, 0.29) is 16.6 Å². The number of benzene rings is 2. The van der Waals surface area contributed by atoms with E-state index in [2.05, 4.69) is 15.3 Å². The molecule has 120 valence electrons. The minimum absolute atomic E-state index is 0.0679. The first kappa shape index (κ1) is 15.8. The monoisotopic (exact) mass is 341 g/mol. The lowest BCUT2D eigenvalue weighted by Gasteiger charge is -1.99. The van der Waals surface area contributed by atoms with Crippen LogP contribution in [0, 0.1) is 5.82 Å². The van der Waals surface area contributed by atoms with Crippen LogP contribution in [0.3, 0.4) is 0 Å². The van der Waals surface area contributed by atoms with Crippen molar-refractivity contribution in [1.82, 2.24) is 9.78 Å². The number of azo groups is 1. The minimum atomic E-state index is -0.507. The van der Waals surface area contributed by atoms with Crippen LogP contribution in [0.4, 0.5) is 15.8 Å². The number of nitrogens with two attached hydrogens (primary N) is 1. The normalized spacial score (nSPS) is 11.0. The molecule has 3 N–H and O–H groups in total. The Kier molecular flexibility index (Phi) is 4.30. The minimum Gasteiger partial charge on any atom is -0.374 e. The van der Waals surface area contributed by atoms with Crippen LogP contribution in [0.25, 0.3) is 11.3 Å². The highest BCUT2D eigenvalue weighted by atomic mass is 32.1. The number of halogens is 1. The average Bonchev–Trinajstić information content (AvgIpc) is 2.92. The second-order valence-electron chi connectivity index (χ2n) is 4.86. The fourth-order valence-corrected chi connectivity index (χ4v) is 2.23. The van der Waals surface area contributed by atoms with Crippen molar-refractivity contribution in [2.24, 2.45) is 16.0 Å². The molecule has 0 aliphatic heterocycles. The molecule has 0 fully saturated rings. The van der Waals surface area contributed by atoms with Gasteiger partial charge in [0.1, 0.15) is 5.82 Å². The van der Waals surface area contributed by atoms with Gasteiger partial charge < -0.3 is 5.73 Å². The summed E-state index contributed by atoms with van der Waals surface area (Å²) in [6.07, 6.45) is 0. The van der Waals surface area contributed by atoms with E-state index in [9.17, 15) is 9.18 Å². The molecule has 3 rings (SSSR count). The third-order valence-electron chi connectivity index (χ3n) is 3.24. The number of rotatable bonds is 3. The summed E-state index contributed by atoms with van der Waals surface area (Å²) in [4.78, 5) is 12.4. The largest absolute Gasteiger partial charge is 0.374 e. The van der Waals surface area contributed by atoms with Gasteiger partial charge in [-0.2, -0.15) is 9.80 Å². The highest BCUT2D eigenvalue weighted by Crippen LogP contribution is 2.27. The van der Waals surface area contributed by atoms with Crippen molar-refractivity contribution < 1.29 is 4.39 Å². The summed E-state index contributed by atoms with van der Waals surface area (Å²) in [5.74, 6) is -0.378. The molecule has 6 nitrogen and oxygen atoms in total. The maximum atomic E-state index is 12.9. The maximum Gasteiger partial charge on any atom is 0.301 e. The summed E-state index contributed by atoms with van der Waals surface area (Å²) in [5, 5.41) is 10.7. The smallest absolute Gasteiger partial charge is 0.301 e. The number of aromatic nitrogens is 2. The third kappa shape index (κ3) is 3.13. The number of thiocarbonyl (C=S) groups is 1. The van der Waals surface area contributed by atoms with Gasteiger partial charge in [-0.15, -0.1) is 5.11 Å². The van der Waals surface area contributed by atoms with Gasteiger partial charge in [0, 0.05) is 5.56 Å². The Hall–Kier alpha value is -3.13. The van der Waals surface area contributed by atoms with E-state index in [0.717, 1.165) is 10.2 Å². The highest BCUT2D eigenvalue weighted by Gasteiger charge is 2.16. The summed E-state index contributed by atoms with van der Waals surface area (Å²) in [6, 6.07) is 14.6. The third-order valence-corrected chi connectivity index (χ3v) is 3.42. The first-order chi connectivity index (χ1) is 11.6. The first-order valence-corrected chi connectivity index (χ1v) is 7.34. The molecule has 0 aliphatic carbocycles. The van der Waals surface area contributed by atoms with Gasteiger partial charge in [-0.1, -0.05) is 30.3 Å². The van der Waals surface area contributed by atoms with E-state index in [0.29, 0.717) is 11.4 Å². The molecule has 0 saturated heterocycles. The lowest BCUT2D eigenvalue weighted by Crippen LogP contribution is -2.29. The van der Waals surface area contributed by atoms with E-state index in [1.165, 1.54) is 24.3 Å². The van der Waals surface area contributed by atoms with Gasteiger partial charge in [-0.25, -0.2) is 4.39 Å². The number of H-pyrrole nitrogens is 1. The molecule has 0 unspecified atom stereocenters. The Balaban J connectivity index is 2.10. The Morgan fingerprint density at radius 2 is 1.75 bits per heavy atom. The molecule has 1 aromatic heterocycles. The molecule has 0 atom stereocenters. The van der Waals surface area contributed by atoms with E-state index in [4.69, 9.17) is 18.0 Å². The number of hydrogen-bond acceptors (Lipinski definition) is 4. The molecule has 3 aromatic rings. The highest BCUT2D eigenvalue weighted by molar-refractivity contribution is 7.80. The molecule has 8 heteroatoms. The van der Waals surface area contributed by atoms with Crippen molar-refractivity contribution in [2.45, 2.75) is 0 Å². The standard InChI is InChI=1S/C16H12FN5OS/c17-11-6-8-12(9-7-11)19-20-14-13(10-4-2-1-3-5-10)21-22(15(14)23)16(18)24/h1-9,21H,(H2,18,24). The number of hydrogen-bond donors (Lipinski definition) is 2. The molecule has 0 amide bonds. The molecule has 1 heterocycles. The SMILES string of the molecule is NC(=S)n1[nH]c(-c2ccccc2)c(N=Nc2ccc(F)cc2)c1=O. The Bertz CT molecular complexity index is 960. The van der Waals surface area contributed by atoms with Crippen LogP contribution >= 0.6 is 12.2 Å². The van der Waals surface area contributed by atoms with E-state index in [1.807, 2.05) is 30.3 Å². The van der Waals surface area contributed by atoms with Crippen molar-refractivity contribution in [1.29, 1.82) is 0 Å². The first-order valence-electron chi connectivity index (χ1n) is 6.94. The predicted molar refractivity (Wildman–Crippen MR) is 93.2 cm³/mol. The Morgan fingerprint density at radius 1 is 1.08 bits per heavy atom. The van der Waals surface area contributed by atoms with E-state index >= 15 is 0 Å². The van der Waals surface area contributed by atoms with Crippen LogP contribution < -0.4 is 11.3 Å². The molecule has 0 saturated carbocycles.